The van der Waals surface area contributed by atoms with Gasteiger partial charge in [0.05, 0.1) is 11.4 Å². The molecule has 0 aliphatic carbocycles. The van der Waals surface area contributed by atoms with Crippen LogP contribution in [-0.4, -0.2) is 40.1 Å². The average molecular weight is 305 g/mol. The molecule has 0 atom stereocenters. The minimum Gasteiger partial charge on any atom is -0.212 e. The molecule has 2 rings (SSSR count). The Morgan fingerprint density at radius 1 is 1.28 bits per heavy atom. The van der Waals surface area contributed by atoms with Gasteiger partial charge in [-0.05, 0) is 22.6 Å². The Morgan fingerprint density at radius 3 is 2.67 bits per heavy atom. The van der Waals surface area contributed by atoms with Crippen molar-refractivity contribution in [3.8, 4) is 5.69 Å². The second-order valence-electron chi connectivity index (χ2n) is 3.30. The lowest BCUT2D eigenvalue weighted by Gasteiger charge is -2.02. The van der Waals surface area contributed by atoms with Gasteiger partial charge in [0.25, 0.3) is 0 Å². The molecule has 1 heterocycles. The highest BCUT2D eigenvalue weighted by Gasteiger charge is 2.11. The van der Waals surface area contributed by atoms with Crippen molar-refractivity contribution in [1.82, 2.24) is 20.2 Å². The Hall–Kier alpha value is -1.12. The number of rotatable bonds is 5. The monoisotopic (exact) mass is 304 g/mol. The molecule has 0 radical (unpaired) electrons. The smallest absolute Gasteiger partial charge is 0.212 e. The van der Waals surface area contributed by atoms with E-state index < -0.39 is 9.05 Å². The van der Waals surface area contributed by atoms with Crippen LogP contribution in [0.1, 0.15) is 0 Å². The lowest BCUT2D eigenvalue weighted by Crippen LogP contribution is -2.03. The van der Waals surface area contributed by atoms with Crippen LogP contribution in [0.3, 0.4) is 0 Å². The van der Waals surface area contributed by atoms with Gasteiger partial charge in [0.1, 0.15) is 0 Å². The first-order valence-electron chi connectivity index (χ1n) is 4.95. The maximum absolute atomic E-state index is 10.8. The maximum atomic E-state index is 10.8. The highest BCUT2D eigenvalue weighted by Crippen LogP contribution is 2.18. The quantitative estimate of drug-likeness (QED) is 0.612. The Bertz CT molecular complexity index is 615. The number of para-hydroxylation sites is 1. The summed E-state index contributed by atoms with van der Waals surface area (Å²) in [6.07, 6.45) is 0. The van der Waals surface area contributed by atoms with Crippen LogP contribution in [0.25, 0.3) is 5.69 Å². The SMILES string of the molecule is O=S(=O)(Cl)CCSc1nnnn1-c1ccccc1. The topological polar surface area (TPSA) is 77.7 Å². The summed E-state index contributed by atoms with van der Waals surface area (Å²) in [5, 5.41) is 11.8. The number of hydrogen-bond donors (Lipinski definition) is 0. The van der Waals surface area contributed by atoms with Crippen molar-refractivity contribution in [2.75, 3.05) is 11.5 Å². The van der Waals surface area contributed by atoms with Gasteiger partial charge in [-0.25, -0.2) is 8.42 Å². The largest absolute Gasteiger partial charge is 0.233 e. The first-order chi connectivity index (χ1) is 8.56. The summed E-state index contributed by atoms with van der Waals surface area (Å²) >= 11 is 1.24. The molecule has 96 valence electrons. The highest BCUT2D eigenvalue weighted by atomic mass is 35.7. The average Bonchev–Trinajstić information content (AvgIpc) is 2.77. The van der Waals surface area contributed by atoms with Crippen molar-refractivity contribution >= 4 is 31.5 Å². The summed E-state index contributed by atoms with van der Waals surface area (Å²) in [5.74, 6) is 0.180. The van der Waals surface area contributed by atoms with Crippen molar-refractivity contribution < 1.29 is 8.42 Å². The molecule has 9 heteroatoms. The van der Waals surface area contributed by atoms with Gasteiger partial charge in [0, 0.05) is 16.4 Å². The zero-order valence-corrected chi connectivity index (χ0v) is 11.5. The number of hydrogen-bond acceptors (Lipinski definition) is 6. The van der Waals surface area contributed by atoms with Crippen LogP contribution in [0.15, 0.2) is 35.5 Å². The van der Waals surface area contributed by atoms with E-state index in [2.05, 4.69) is 15.5 Å². The first kappa shape index (κ1) is 13.3. The fraction of sp³-hybridized carbons (Fsp3) is 0.222. The molecule has 0 aliphatic rings. The van der Waals surface area contributed by atoms with E-state index in [0.29, 0.717) is 10.9 Å². The Kier molecular flexibility index (Phi) is 4.20. The fourth-order valence-corrected chi connectivity index (χ4v) is 3.47. The molecule has 6 nitrogen and oxygen atoms in total. The third-order valence-electron chi connectivity index (χ3n) is 2.00. The molecule has 0 saturated carbocycles. The third kappa shape index (κ3) is 3.69. The lowest BCUT2D eigenvalue weighted by atomic mass is 10.3. The molecule has 0 spiro atoms. The number of benzene rings is 1. The predicted octanol–water partition coefficient (Wildman–Crippen LogP) is 1.32. The Labute approximate surface area is 113 Å². The van der Waals surface area contributed by atoms with E-state index >= 15 is 0 Å². The highest BCUT2D eigenvalue weighted by molar-refractivity contribution is 8.14. The molecule has 1 aromatic heterocycles. The molecule has 0 bridgehead atoms. The molecule has 0 saturated heterocycles. The molecule has 0 N–H and O–H groups in total. The molecule has 0 fully saturated rings. The maximum Gasteiger partial charge on any atom is 0.233 e. The first-order valence-corrected chi connectivity index (χ1v) is 8.41. The zero-order chi connectivity index (χ0) is 13.0. The summed E-state index contributed by atoms with van der Waals surface area (Å²) in [5.41, 5.74) is 0.818. The summed E-state index contributed by atoms with van der Waals surface area (Å²) in [6, 6.07) is 9.35. The minimum absolute atomic E-state index is 0.124. The number of thioether (sulfide) groups is 1. The van der Waals surface area contributed by atoms with Crippen LogP contribution >= 0.6 is 22.4 Å². The number of tetrazole rings is 1. The van der Waals surface area contributed by atoms with Gasteiger partial charge >= 0.3 is 0 Å². The molecule has 1 aromatic carbocycles. The van der Waals surface area contributed by atoms with Crippen LogP contribution in [0.2, 0.25) is 0 Å². The third-order valence-corrected chi connectivity index (χ3v) is 4.33. The summed E-state index contributed by atoms with van der Waals surface area (Å²) < 4.78 is 23.2. The van der Waals surface area contributed by atoms with Crippen LogP contribution < -0.4 is 0 Å². The van der Waals surface area contributed by atoms with Gasteiger partial charge < -0.3 is 0 Å². The lowest BCUT2D eigenvalue weighted by molar-refractivity contribution is 0.611. The van der Waals surface area contributed by atoms with Crippen LogP contribution in [0.5, 0.6) is 0 Å². The Morgan fingerprint density at radius 2 is 2.00 bits per heavy atom. The summed E-state index contributed by atoms with van der Waals surface area (Å²) in [7, 11) is 1.65. The van der Waals surface area contributed by atoms with Gasteiger partial charge in [0.15, 0.2) is 0 Å². The van der Waals surface area contributed by atoms with Crippen molar-refractivity contribution in [3.63, 3.8) is 0 Å². The number of halogens is 1. The van der Waals surface area contributed by atoms with Crippen molar-refractivity contribution in [1.29, 1.82) is 0 Å². The van der Waals surface area contributed by atoms with E-state index in [-0.39, 0.29) is 5.75 Å². The van der Waals surface area contributed by atoms with E-state index in [1.807, 2.05) is 30.3 Å². The Balaban J connectivity index is 2.09. The van der Waals surface area contributed by atoms with E-state index in [1.54, 1.807) is 4.68 Å². The van der Waals surface area contributed by atoms with Gasteiger partial charge in [0.2, 0.25) is 14.2 Å². The second-order valence-corrected chi connectivity index (χ2v) is 7.26. The number of aromatic nitrogens is 4. The summed E-state index contributed by atoms with van der Waals surface area (Å²) in [4.78, 5) is 0. The molecule has 2 aromatic rings. The van der Waals surface area contributed by atoms with Crippen LogP contribution in [0, 0.1) is 0 Å². The van der Waals surface area contributed by atoms with Crippen LogP contribution in [-0.2, 0) is 9.05 Å². The number of nitrogens with zero attached hydrogens (tertiary/aromatic N) is 4. The second kappa shape index (κ2) is 5.68. The normalized spacial score (nSPS) is 11.6. The van der Waals surface area contributed by atoms with Crippen molar-refractivity contribution in [3.05, 3.63) is 30.3 Å². The van der Waals surface area contributed by atoms with Crippen molar-refractivity contribution in [2.45, 2.75) is 5.16 Å². The molecule has 18 heavy (non-hydrogen) atoms. The predicted molar refractivity (Wildman–Crippen MR) is 69.5 cm³/mol. The molecule has 0 aliphatic heterocycles. The zero-order valence-electron chi connectivity index (χ0n) is 9.10. The van der Waals surface area contributed by atoms with Crippen molar-refractivity contribution in [2.24, 2.45) is 0 Å². The summed E-state index contributed by atoms with van der Waals surface area (Å²) in [6.45, 7) is 0. The van der Waals surface area contributed by atoms with E-state index in [4.69, 9.17) is 10.7 Å². The van der Waals surface area contributed by atoms with E-state index in [0.717, 1.165) is 5.69 Å². The standard InChI is InChI=1S/C9H9ClN4O2S2/c10-18(15,16)7-6-17-9-11-12-13-14(9)8-4-2-1-3-5-8/h1-5H,6-7H2. The molecular weight excluding hydrogens is 296 g/mol. The molecular formula is C9H9ClN4O2S2. The molecule has 0 unspecified atom stereocenters. The van der Waals surface area contributed by atoms with Gasteiger partial charge in [-0.2, -0.15) is 4.68 Å². The van der Waals surface area contributed by atoms with E-state index in [1.165, 1.54) is 11.8 Å². The minimum atomic E-state index is -3.48. The van der Waals surface area contributed by atoms with Gasteiger partial charge in [-0.3, -0.25) is 0 Å². The fourth-order valence-electron chi connectivity index (χ4n) is 1.23. The van der Waals surface area contributed by atoms with E-state index in [9.17, 15) is 8.42 Å². The molecule has 0 amide bonds. The van der Waals surface area contributed by atoms with Gasteiger partial charge in [-0.15, -0.1) is 5.10 Å². The van der Waals surface area contributed by atoms with Gasteiger partial charge in [-0.1, -0.05) is 30.0 Å². The van der Waals surface area contributed by atoms with Crippen LogP contribution in [0.4, 0.5) is 0 Å².